The van der Waals surface area contributed by atoms with E-state index in [4.69, 9.17) is 14.2 Å². The van der Waals surface area contributed by atoms with Gasteiger partial charge in [-0.3, -0.25) is 9.69 Å². The number of hydrogen-bond donors (Lipinski definition) is 0. The van der Waals surface area contributed by atoms with E-state index in [1.54, 1.807) is 37.7 Å². The molecule has 180 valence electrons. The second-order valence-corrected chi connectivity index (χ2v) is 9.17. The highest BCUT2D eigenvalue weighted by Crippen LogP contribution is 2.32. The van der Waals surface area contributed by atoms with Crippen molar-refractivity contribution in [1.82, 2.24) is 14.8 Å². The summed E-state index contributed by atoms with van der Waals surface area (Å²) >= 11 is 1.62. The van der Waals surface area contributed by atoms with Crippen LogP contribution in [0.25, 0.3) is 0 Å². The molecule has 0 radical (unpaired) electrons. The smallest absolute Gasteiger partial charge is 0.257 e. The van der Waals surface area contributed by atoms with E-state index in [1.807, 2.05) is 28.6 Å². The van der Waals surface area contributed by atoms with Crippen LogP contribution < -0.4 is 14.2 Å². The van der Waals surface area contributed by atoms with E-state index in [2.05, 4.69) is 34.4 Å². The summed E-state index contributed by atoms with van der Waals surface area (Å²) < 4.78 is 17.1. The fraction of sp³-hybridized carbons (Fsp3) is 0.385. The first-order valence-corrected chi connectivity index (χ1v) is 12.3. The first kappa shape index (κ1) is 24.0. The maximum atomic E-state index is 13.1. The zero-order valence-corrected chi connectivity index (χ0v) is 20.7. The third-order valence-electron chi connectivity index (χ3n) is 5.93. The number of methoxy groups -OCH3 is 2. The molecule has 0 bridgehead atoms. The number of carbonyl (C=O) groups excluding carboxylic acids is 1. The highest BCUT2D eigenvalue weighted by molar-refractivity contribution is 7.07. The third-order valence-corrected chi connectivity index (χ3v) is 6.57. The zero-order valence-electron chi connectivity index (χ0n) is 19.9. The molecule has 1 aliphatic rings. The van der Waals surface area contributed by atoms with Crippen LogP contribution in [0.5, 0.6) is 17.2 Å². The van der Waals surface area contributed by atoms with Crippen molar-refractivity contribution in [2.45, 2.75) is 32.0 Å². The highest BCUT2D eigenvalue weighted by atomic mass is 32.1. The summed E-state index contributed by atoms with van der Waals surface area (Å²) in [6.45, 7) is 2.92. The number of likely N-dealkylation sites (tertiary alicyclic amines) is 1. The Hall–Kier alpha value is -3.10. The van der Waals surface area contributed by atoms with Gasteiger partial charge in [-0.1, -0.05) is 18.2 Å². The van der Waals surface area contributed by atoms with Crippen molar-refractivity contribution in [3.05, 3.63) is 70.2 Å². The van der Waals surface area contributed by atoms with Gasteiger partial charge in [0.2, 0.25) is 0 Å². The Balaban J connectivity index is 1.31. The van der Waals surface area contributed by atoms with Crippen LogP contribution in [0, 0.1) is 0 Å². The molecule has 0 spiro atoms. The molecule has 1 saturated heterocycles. The van der Waals surface area contributed by atoms with E-state index < -0.39 is 0 Å². The summed E-state index contributed by atoms with van der Waals surface area (Å²) in [7, 11) is 5.22. The molecule has 34 heavy (non-hydrogen) atoms. The van der Waals surface area contributed by atoms with Gasteiger partial charge >= 0.3 is 0 Å². The van der Waals surface area contributed by atoms with E-state index in [-0.39, 0.29) is 12.0 Å². The lowest BCUT2D eigenvalue weighted by Crippen LogP contribution is -2.41. The van der Waals surface area contributed by atoms with Crippen LogP contribution in [0.4, 0.5) is 0 Å². The van der Waals surface area contributed by atoms with Crippen molar-refractivity contribution >= 4 is 17.2 Å². The van der Waals surface area contributed by atoms with Gasteiger partial charge in [0.15, 0.2) is 11.5 Å². The van der Waals surface area contributed by atoms with Crippen LogP contribution in [-0.4, -0.2) is 61.2 Å². The first-order valence-electron chi connectivity index (χ1n) is 11.4. The number of piperidine rings is 1. The van der Waals surface area contributed by atoms with E-state index in [9.17, 15) is 4.79 Å². The van der Waals surface area contributed by atoms with Crippen LogP contribution in [0.2, 0.25) is 0 Å². The Labute approximate surface area is 204 Å². The van der Waals surface area contributed by atoms with Gasteiger partial charge in [-0.2, -0.15) is 0 Å². The van der Waals surface area contributed by atoms with Crippen molar-refractivity contribution < 1.29 is 19.0 Å². The number of hydrogen-bond acceptors (Lipinski definition) is 7. The molecule has 7 nitrogen and oxygen atoms in total. The SMILES string of the molecule is COc1cccc(C(=O)N2CCC(Oc3cccc(CN(C)Cc4cscn4)c3)CC2)c1OC. The quantitative estimate of drug-likeness (QED) is 0.449. The molecular formula is C26H31N3O4S. The number of para-hydroxylation sites is 1. The van der Waals surface area contributed by atoms with Crippen molar-refractivity contribution in [3.63, 3.8) is 0 Å². The average molecular weight is 482 g/mol. The molecule has 1 aliphatic heterocycles. The van der Waals surface area contributed by atoms with Crippen LogP contribution in [0.15, 0.2) is 53.4 Å². The normalized spacial score (nSPS) is 14.3. The van der Waals surface area contributed by atoms with Gasteiger partial charge in [0.25, 0.3) is 5.91 Å². The Morgan fingerprint density at radius 1 is 1.12 bits per heavy atom. The van der Waals surface area contributed by atoms with Crippen molar-refractivity contribution in [1.29, 1.82) is 0 Å². The number of rotatable bonds is 9. The summed E-state index contributed by atoms with van der Waals surface area (Å²) in [6.07, 6.45) is 1.65. The minimum atomic E-state index is -0.0423. The molecule has 0 unspecified atom stereocenters. The summed E-state index contributed by atoms with van der Waals surface area (Å²) in [5.41, 5.74) is 4.68. The highest BCUT2D eigenvalue weighted by Gasteiger charge is 2.27. The van der Waals surface area contributed by atoms with Crippen molar-refractivity contribution in [2.75, 3.05) is 34.4 Å². The van der Waals surface area contributed by atoms with E-state index in [0.29, 0.717) is 30.2 Å². The molecule has 4 rings (SSSR count). The van der Waals surface area contributed by atoms with Gasteiger partial charge in [-0.15, -0.1) is 11.3 Å². The second kappa shape index (κ2) is 11.4. The zero-order chi connectivity index (χ0) is 23.9. The minimum Gasteiger partial charge on any atom is -0.493 e. The predicted molar refractivity (Wildman–Crippen MR) is 133 cm³/mol. The van der Waals surface area contributed by atoms with Crippen LogP contribution in [0.3, 0.4) is 0 Å². The maximum Gasteiger partial charge on any atom is 0.257 e. The Kier molecular flexibility index (Phi) is 8.03. The first-order chi connectivity index (χ1) is 16.6. The molecule has 2 aromatic carbocycles. The van der Waals surface area contributed by atoms with Gasteiger partial charge in [0.05, 0.1) is 31.0 Å². The Morgan fingerprint density at radius 3 is 2.62 bits per heavy atom. The Bertz CT molecular complexity index is 1080. The molecule has 8 heteroatoms. The molecule has 1 aromatic heterocycles. The number of ether oxygens (including phenoxy) is 3. The lowest BCUT2D eigenvalue weighted by molar-refractivity contribution is 0.0592. The molecule has 3 aromatic rings. The summed E-state index contributed by atoms with van der Waals surface area (Å²) in [5.74, 6) is 1.87. The van der Waals surface area contributed by atoms with Crippen molar-refractivity contribution in [3.8, 4) is 17.2 Å². The van der Waals surface area contributed by atoms with E-state index in [0.717, 1.165) is 37.4 Å². The lowest BCUT2D eigenvalue weighted by Gasteiger charge is -2.32. The molecular weight excluding hydrogens is 450 g/mol. The fourth-order valence-electron chi connectivity index (χ4n) is 4.27. The molecule has 1 amide bonds. The van der Waals surface area contributed by atoms with Crippen molar-refractivity contribution in [2.24, 2.45) is 0 Å². The van der Waals surface area contributed by atoms with Gasteiger partial charge < -0.3 is 19.1 Å². The standard InChI is InChI=1S/C26H31N3O4S/c1-28(16-20-17-34-18-27-20)15-19-6-4-7-22(14-19)33-21-10-12-29(13-11-21)26(30)23-8-5-9-24(31-2)25(23)32-3/h4-9,14,17-18,21H,10-13,15-16H2,1-3H3. The summed E-state index contributed by atoms with van der Waals surface area (Å²) in [4.78, 5) is 21.6. The predicted octanol–water partition coefficient (Wildman–Crippen LogP) is 4.48. The van der Waals surface area contributed by atoms with Gasteiger partial charge in [-0.05, 0) is 36.9 Å². The number of aromatic nitrogens is 1. The molecule has 0 aliphatic carbocycles. The van der Waals surface area contributed by atoms with Crippen LogP contribution in [-0.2, 0) is 13.1 Å². The van der Waals surface area contributed by atoms with Crippen LogP contribution in [0.1, 0.15) is 34.5 Å². The molecule has 0 saturated carbocycles. The molecule has 0 atom stereocenters. The molecule has 2 heterocycles. The number of thiazole rings is 1. The van der Waals surface area contributed by atoms with E-state index in [1.165, 1.54) is 5.56 Å². The fourth-order valence-corrected chi connectivity index (χ4v) is 4.82. The van der Waals surface area contributed by atoms with Gasteiger partial charge in [-0.25, -0.2) is 4.98 Å². The van der Waals surface area contributed by atoms with Gasteiger partial charge in [0, 0.05) is 44.4 Å². The average Bonchev–Trinajstić information content (AvgIpc) is 3.36. The topological polar surface area (TPSA) is 64.1 Å². The monoisotopic (exact) mass is 481 g/mol. The Morgan fingerprint density at radius 2 is 1.91 bits per heavy atom. The minimum absolute atomic E-state index is 0.0423. The largest absolute Gasteiger partial charge is 0.493 e. The molecule has 1 fully saturated rings. The third kappa shape index (κ3) is 5.87. The number of benzene rings is 2. The number of amides is 1. The summed E-state index contributed by atoms with van der Waals surface area (Å²) in [5, 5.41) is 2.08. The summed E-state index contributed by atoms with van der Waals surface area (Å²) in [6, 6.07) is 13.6. The van der Waals surface area contributed by atoms with Gasteiger partial charge in [0.1, 0.15) is 11.9 Å². The maximum absolute atomic E-state index is 13.1. The van der Waals surface area contributed by atoms with E-state index >= 15 is 0 Å². The molecule has 0 N–H and O–H groups in total. The lowest BCUT2D eigenvalue weighted by atomic mass is 10.1. The van der Waals surface area contributed by atoms with Crippen LogP contribution >= 0.6 is 11.3 Å². The number of carbonyl (C=O) groups is 1. The number of nitrogens with zero attached hydrogens (tertiary/aromatic N) is 3. The second-order valence-electron chi connectivity index (χ2n) is 8.45.